The van der Waals surface area contributed by atoms with Crippen molar-refractivity contribution < 1.29 is 14.7 Å². The molecule has 1 atom stereocenters. The van der Waals surface area contributed by atoms with Gasteiger partial charge < -0.3 is 10.0 Å². The van der Waals surface area contributed by atoms with Crippen molar-refractivity contribution in [3.8, 4) is 0 Å². The molecule has 3 aromatic carbocycles. The Bertz CT molecular complexity index is 1240. The fourth-order valence-electron chi connectivity index (χ4n) is 4.56. The quantitative estimate of drug-likeness (QED) is 0.567. The predicted octanol–water partition coefficient (Wildman–Crippen LogP) is 5.24. The molecule has 0 aromatic heterocycles. The van der Waals surface area contributed by atoms with Gasteiger partial charge in [0, 0.05) is 11.1 Å². The molecule has 32 heavy (non-hydrogen) atoms. The highest BCUT2D eigenvalue weighted by Crippen LogP contribution is 2.44. The minimum Gasteiger partial charge on any atom is -0.375 e. The molecule has 4 rings (SSSR count). The van der Waals surface area contributed by atoms with E-state index in [1.54, 1.807) is 17.0 Å². The van der Waals surface area contributed by atoms with Gasteiger partial charge >= 0.3 is 0 Å². The van der Waals surface area contributed by atoms with Gasteiger partial charge in [-0.25, -0.2) is 0 Å². The van der Waals surface area contributed by atoms with Gasteiger partial charge in [0.05, 0.1) is 18.7 Å². The lowest BCUT2D eigenvalue weighted by Crippen LogP contribution is -2.41. The maximum Gasteiger partial charge on any atom is 0.264 e. The van der Waals surface area contributed by atoms with Crippen molar-refractivity contribution in [2.75, 3.05) is 4.90 Å². The molecular weight excluding hydrogens is 398 g/mol. The first-order chi connectivity index (χ1) is 15.1. The summed E-state index contributed by atoms with van der Waals surface area (Å²) >= 11 is 0. The Morgan fingerprint density at radius 3 is 2.31 bits per heavy atom. The second-order valence-electron chi connectivity index (χ2n) is 9.05. The van der Waals surface area contributed by atoms with Crippen LogP contribution < -0.4 is 4.90 Å². The summed E-state index contributed by atoms with van der Waals surface area (Å²) in [5.41, 5.74) is 6.02. The number of Topliss-reactive ketones (excluding diaryl/α,β-unsaturated/α-hetero) is 1. The Kier molecular flexibility index (Phi) is 5.51. The topological polar surface area (TPSA) is 57.6 Å². The van der Waals surface area contributed by atoms with Gasteiger partial charge in [0.25, 0.3) is 5.91 Å². The second kappa shape index (κ2) is 8.03. The molecule has 4 nitrogen and oxygen atoms in total. The van der Waals surface area contributed by atoms with Crippen molar-refractivity contribution in [3.63, 3.8) is 0 Å². The Balaban J connectivity index is 1.71. The van der Waals surface area contributed by atoms with Crippen LogP contribution in [0.2, 0.25) is 0 Å². The number of fused-ring (bicyclic) bond motifs is 1. The summed E-state index contributed by atoms with van der Waals surface area (Å²) in [4.78, 5) is 28.5. The third-order valence-corrected chi connectivity index (χ3v) is 6.63. The molecule has 0 radical (unpaired) electrons. The van der Waals surface area contributed by atoms with Crippen molar-refractivity contribution in [2.24, 2.45) is 0 Å². The molecule has 1 aliphatic heterocycles. The molecule has 1 amide bonds. The number of benzene rings is 3. The summed E-state index contributed by atoms with van der Waals surface area (Å²) in [7, 11) is 0. The summed E-state index contributed by atoms with van der Waals surface area (Å²) in [5, 5.41) is 11.6. The Hall–Kier alpha value is -3.24. The van der Waals surface area contributed by atoms with Crippen LogP contribution in [0.25, 0.3) is 0 Å². The third-order valence-electron chi connectivity index (χ3n) is 6.63. The van der Waals surface area contributed by atoms with E-state index < -0.39 is 11.5 Å². The number of para-hydroxylation sites is 1. The van der Waals surface area contributed by atoms with E-state index in [-0.39, 0.29) is 12.2 Å². The molecule has 0 unspecified atom stereocenters. The van der Waals surface area contributed by atoms with E-state index in [0.717, 1.165) is 33.4 Å². The number of hydrogen-bond donors (Lipinski definition) is 1. The van der Waals surface area contributed by atoms with E-state index in [1.807, 2.05) is 71.0 Å². The summed E-state index contributed by atoms with van der Waals surface area (Å²) in [6.45, 7) is 10.2. The lowest BCUT2D eigenvalue weighted by atomic mass is 9.86. The van der Waals surface area contributed by atoms with Gasteiger partial charge in [-0.1, -0.05) is 48.0 Å². The van der Waals surface area contributed by atoms with Gasteiger partial charge in [-0.05, 0) is 74.6 Å². The lowest BCUT2D eigenvalue weighted by Gasteiger charge is -2.24. The number of hydrogen-bond acceptors (Lipinski definition) is 3. The zero-order valence-corrected chi connectivity index (χ0v) is 19.3. The first-order valence-corrected chi connectivity index (χ1v) is 10.9. The number of rotatable bonds is 5. The summed E-state index contributed by atoms with van der Waals surface area (Å²) in [6, 6.07) is 17.2. The molecule has 0 saturated carbocycles. The van der Waals surface area contributed by atoms with Gasteiger partial charge in [0.1, 0.15) is 0 Å². The predicted molar refractivity (Wildman–Crippen MR) is 127 cm³/mol. The lowest BCUT2D eigenvalue weighted by molar-refractivity contribution is -0.136. The van der Waals surface area contributed by atoms with Crippen LogP contribution in [0, 0.1) is 34.6 Å². The fraction of sp³-hybridized carbons (Fsp3) is 0.286. The maximum atomic E-state index is 13.6. The standard InChI is InChI=1S/C28H29NO3/c1-17-10-11-18(2)22(12-17)16-29-25-9-7-6-8-24(25)28(32,27(29)31)15-26(30)23-14-20(4)19(3)13-21(23)5/h6-14,32H,15-16H2,1-5H3/t28-/m0/s1. The van der Waals surface area contributed by atoms with Gasteiger partial charge in [0.2, 0.25) is 0 Å². The normalized spacial score (nSPS) is 17.6. The largest absolute Gasteiger partial charge is 0.375 e. The van der Waals surface area contributed by atoms with Gasteiger partial charge in [-0.15, -0.1) is 0 Å². The van der Waals surface area contributed by atoms with E-state index in [0.29, 0.717) is 23.4 Å². The molecule has 1 N–H and O–H groups in total. The van der Waals surface area contributed by atoms with Crippen LogP contribution in [-0.2, 0) is 16.9 Å². The highest BCUT2D eigenvalue weighted by molar-refractivity contribution is 6.11. The molecule has 1 heterocycles. The first-order valence-electron chi connectivity index (χ1n) is 10.9. The molecule has 3 aromatic rings. The van der Waals surface area contributed by atoms with E-state index >= 15 is 0 Å². The highest BCUT2D eigenvalue weighted by atomic mass is 16.3. The summed E-state index contributed by atoms with van der Waals surface area (Å²) in [5.74, 6) is -0.681. The number of aliphatic hydroxyl groups is 1. The number of nitrogens with zero attached hydrogens (tertiary/aromatic N) is 1. The molecule has 1 aliphatic rings. The second-order valence-corrected chi connectivity index (χ2v) is 9.05. The average molecular weight is 428 g/mol. The molecule has 0 saturated heterocycles. The van der Waals surface area contributed by atoms with Crippen molar-refractivity contribution >= 4 is 17.4 Å². The Morgan fingerprint density at radius 1 is 0.875 bits per heavy atom. The van der Waals surface area contributed by atoms with Crippen molar-refractivity contribution in [1.29, 1.82) is 0 Å². The fourth-order valence-corrected chi connectivity index (χ4v) is 4.56. The molecule has 0 aliphatic carbocycles. The van der Waals surface area contributed by atoms with Crippen molar-refractivity contribution in [2.45, 2.75) is 53.2 Å². The smallest absolute Gasteiger partial charge is 0.264 e. The van der Waals surface area contributed by atoms with E-state index in [9.17, 15) is 14.7 Å². The molecular formula is C28H29NO3. The number of carbonyl (C=O) groups is 2. The number of aryl methyl sites for hydroxylation is 5. The monoisotopic (exact) mass is 427 g/mol. The van der Waals surface area contributed by atoms with Gasteiger partial charge in [0.15, 0.2) is 11.4 Å². The third kappa shape index (κ3) is 3.65. The summed E-state index contributed by atoms with van der Waals surface area (Å²) < 4.78 is 0. The number of carbonyl (C=O) groups excluding carboxylic acids is 2. The van der Waals surface area contributed by atoms with Gasteiger partial charge in [-0.3, -0.25) is 9.59 Å². The van der Waals surface area contributed by atoms with Crippen LogP contribution in [0.4, 0.5) is 5.69 Å². The zero-order chi connectivity index (χ0) is 23.2. The first kappa shape index (κ1) is 22.0. The Labute approximate surface area is 189 Å². The minimum absolute atomic E-state index is 0.232. The van der Waals surface area contributed by atoms with Crippen molar-refractivity contribution in [3.05, 3.63) is 99.1 Å². The molecule has 0 bridgehead atoms. The Morgan fingerprint density at radius 2 is 1.56 bits per heavy atom. The SMILES string of the molecule is Cc1ccc(C)c(CN2C(=O)[C@](O)(CC(=O)c3cc(C)c(C)cc3C)c3ccccc32)c1. The highest BCUT2D eigenvalue weighted by Gasteiger charge is 2.50. The zero-order valence-electron chi connectivity index (χ0n) is 19.3. The van der Waals surface area contributed by atoms with Crippen LogP contribution in [0.3, 0.4) is 0 Å². The number of anilines is 1. The van der Waals surface area contributed by atoms with E-state index in [2.05, 4.69) is 6.07 Å². The van der Waals surface area contributed by atoms with Gasteiger partial charge in [-0.2, -0.15) is 0 Å². The van der Waals surface area contributed by atoms with E-state index in [4.69, 9.17) is 0 Å². The van der Waals surface area contributed by atoms with Crippen LogP contribution in [-0.4, -0.2) is 16.8 Å². The van der Waals surface area contributed by atoms with Crippen LogP contribution in [0.15, 0.2) is 54.6 Å². The van der Waals surface area contributed by atoms with Crippen LogP contribution >= 0.6 is 0 Å². The maximum absolute atomic E-state index is 13.6. The van der Waals surface area contributed by atoms with E-state index in [1.165, 1.54) is 0 Å². The number of amides is 1. The molecule has 164 valence electrons. The minimum atomic E-state index is -1.88. The molecule has 0 spiro atoms. The van der Waals surface area contributed by atoms with Crippen LogP contribution in [0.5, 0.6) is 0 Å². The molecule has 0 fully saturated rings. The number of ketones is 1. The molecule has 4 heteroatoms. The average Bonchev–Trinajstić information content (AvgIpc) is 2.95. The van der Waals surface area contributed by atoms with Crippen LogP contribution in [0.1, 0.15) is 55.7 Å². The summed E-state index contributed by atoms with van der Waals surface area (Å²) in [6.07, 6.45) is -0.282. The van der Waals surface area contributed by atoms with Crippen molar-refractivity contribution in [1.82, 2.24) is 0 Å².